The normalized spacial score (nSPS) is 11.9. The molecule has 0 aromatic heterocycles. The van der Waals surface area contributed by atoms with Gasteiger partial charge in [-0.1, -0.05) is 37.3 Å². The number of hydrogen-bond donors (Lipinski definition) is 2. The van der Waals surface area contributed by atoms with E-state index in [1.165, 1.54) is 0 Å². The first kappa shape index (κ1) is 15.1. The molecule has 1 atom stereocenters. The molecule has 2 N–H and O–H groups in total. The Kier molecular flexibility index (Phi) is 4.95. The third kappa shape index (κ3) is 3.83. The second-order valence-electron chi connectivity index (χ2n) is 4.90. The van der Waals surface area contributed by atoms with Crippen molar-refractivity contribution in [1.29, 1.82) is 0 Å². The number of aliphatic hydroxyl groups excluding tert-OH is 1. The van der Waals surface area contributed by atoms with Gasteiger partial charge < -0.3 is 14.9 Å². The van der Waals surface area contributed by atoms with Crippen molar-refractivity contribution in [1.82, 2.24) is 0 Å². The van der Waals surface area contributed by atoms with Gasteiger partial charge in [-0.2, -0.15) is 0 Å². The lowest BCUT2D eigenvalue weighted by Gasteiger charge is -2.11. The predicted molar refractivity (Wildman–Crippen MR) is 79.7 cm³/mol. The number of rotatable bonds is 6. The zero-order valence-electron chi connectivity index (χ0n) is 11.8. The molecule has 0 fully saturated rings. The van der Waals surface area contributed by atoms with Gasteiger partial charge in [0.1, 0.15) is 12.4 Å². The number of carboxylic acid groups (broad SMARTS) is 1. The standard InChI is InChI=1S/C17H18O4/c1-12(10-18)13-6-8-15(9-7-13)21-11-14-4-2-3-5-16(14)17(19)20/h2-9,12,18H,10-11H2,1H3,(H,19,20)/t12-/m1/s1. The Hall–Kier alpha value is -2.33. The van der Waals surface area contributed by atoms with E-state index in [2.05, 4.69) is 0 Å². The van der Waals surface area contributed by atoms with Crippen LogP contribution in [0.2, 0.25) is 0 Å². The highest BCUT2D eigenvalue weighted by Gasteiger charge is 2.09. The van der Waals surface area contributed by atoms with Crippen molar-refractivity contribution in [2.75, 3.05) is 6.61 Å². The third-order valence-electron chi connectivity index (χ3n) is 3.37. The topological polar surface area (TPSA) is 66.8 Å². The fourth-order valence-corrected chi connectivity index (χ4v) is 2.01. The Morgan fingerprint density at radius 2 is 1.81 bits per heavy atom. The summed E-state index contributed by atoms with van der Waals surface area (Å²) in [5.41, 5.74) is 1.93. The van der Waals surface area contributed by atoms with Gasteiger partial charge in [-0.15, -0.1) is 0 Å². The molecule has 0 aliphatic carbocycles. The first-order valence-corrected chi connectivity index (χ1v) is 6.76. The molecule has 2 rings (SSSR count). The molecule has 0 saturated carbocycles. The highest BCUT2D eigenvalue weighted by molar-refractivity contribution is 5.89. The average Bonchev–Trinajstić information content (AvgIpc) is 2.52. The van der Waals surface area contributed by atoms with E-state index < -0.39 is 5.97 Å². The largest absolute Gasteiger partial charge is 0.489 e. The number of hydrogen-bond acceptors (Lipinski definition) is 3. The smallest absolute Gasteiger partial charge is 0.336 e. The van der Waals surface area contributed by atoms with Crippen molar-refractivity contribution in [3.05, 3.63) is 65.2 Å². The third-order valence-corrected chi connectivity index (χ3v) is 3.37. The predicted octanol–water partition coefficient (Wildman–Crippen LogP) is 3.06. The Morgan fingerprint density at radius 3 is 2.43 bits per heavy atom. The molecule has 0 bridgehead atoms. The van der Waals surface area contributed by atoms with Gasteiger partial charge in [0.05, 0.1) is 5.56 Å². The van der Waals surface area contributed by atoms with Crippen LogP contribution in [0.15, 0.2) is 48.5 Å². The SMILES string of the molecule is C[C@H](CO)c1ccc(OCc2ccccc2C(=O)O)cc1. The van der Waals surface area contributed by atoms with E-state index >= 15 is 0 Å². The minimum Gasteiger partial charge on any atom is -0.489 e. The van der Waals surface area contributed by atoms with E-state index in [4.69, 9.17) is 14.9 Å². The maximum atomic E-state index is 11.1. The second kappa shape index (κ2) is 6.90. The van der Waals surface area contributed by atoms with Crippen LogP contribution in [0.25, 0.3) is 0 Å². The second-order valence-corrected chi connectivity index (χ2v) is 4.90. The first-order chi connectivity index (χ1) is 10.1. The van der Waals surface area contributed by atoms with Crippen LogP contribution in [0.5, 0.6) is 5.75 Å². The van der Waals surface area contributed by atoms with Gasteiger partial charge in [-0.05, 0) is 23.8 Å². The van der Waals surface area contributed by atoms with Gasteiger partial charge in [0.25, 0.3) is 0 Å². The van der Waals surface area contributed by atoms with Crippen LogP contribution in [0, 0.1) is 0 Å². The van der Waals surface area contributed by atoms with Crippen molar-refractivity contribution in [2.24, 2.45) is 0 Å². The lowest BCUT2D eigenvalue weighted by atomic mass is 10.0. The molecule has 21 heavy (non-hydrogen) atoms. The molecular weight excluding hydrogens is 268 g/mol. The van der Waals surface area contributed by atoms with E-state index in [0.29, 0.717) is 11.3 Å². The minimum atomic E-state index is -0.957. The summed E-state index contributed by atoms with van der Waals surface area (Å²) in [6.07, 6.45) is 0. The summed E-state index contributed by atoms with van der Waals surface area (Å²) in [5.74, 6) is -0.197. The number of benzene rings is 2. The zero-order chi connectivity index (χ0) is 15.2. The van der Waals surface area contributed by atoms with Crippen LogP contribution in [0.4, 0.5) is 0 Å². The molecule has 4 nitrogen and oxygen atoms in total. The van der Waals surface area contributed by atoms with Crippen molar-refractivity contribution in [3.63, 3.8) is 0 Å². The fraction of sp³-hybridized carbons (Fsp3) is 0.235. The van der Waals surface area contributed by atoms with Crippen molar-refractivity contribution in [3.8, 4) is 5.75 Å². The summed E-state index contributed by atoms with van der Waals surface area (Å²) >= 11 is 0. The Labute approximate surface area is 123 Å². The Bertz CT molecular complexity index is 604. The van der Waals surface area contributed by atoms with Crippen LogP contribution in [0.3, 0.4) is 0 Å². The van der Waals surface area contributed by atoms with Crippen LogP contribution in [-0.2, 0) is 6.61 Å². The van der Waals surface area contributed by atoms with Gasteiger partial charge >= 0.3 is 5.97 Å². The lowest BCUT2D eigenvalue weighted by Crippen LogP contribution is -2.05. The molecule has 4 heteroatoms. The lowest BCUT2D eigenvalue weighted by molar-refractivity contribution is 0.0694. The molecule has 0 saturated heterocycles. The van der Waals surface area contributed by atoms with Gasteiger partial charge in [-0.3, -0.25) is 0 Å². The van der Waals surface area contributed by atoms with Crippen molar-refractivity contribution < 1.29 is 19.7 Å². The minimum absolute atomic E-state index is 0.0896. The van der Waals surface area contributed by atoms with E-state index in [1.807, 2.05) is 31.2 Å². The van der Waals surface area contributed by atoms with Gasteiger partial charge in [0.15, 0.2) is 0 Å². The maximum absolute atomic E-state index is 11.1. The summed E-state index contributed by atoms with van der Waals surface area (Å²) < 4.78 is 5.63. The van der Waals surface area contributed by atoms with E-state index in [1.54, 1.807) is 24.3 Å². The number of carboxylic acids is 1. The maximum Gasteiger partial charge on any atom is 0.336 e. The highest BCUT2D eigenvalue weighted by Crippen LogP contribution is 2.20. The molecule has 0 spiro atoms. The number of aromatic carboxylic acids is 1. The van der Waals surface area contributed by atoms with Gasteiger partial charge in [-0.25, -0.2) is 4.79 Å². The van der Waals surface area contributed by atoms with Crippen molar-refractivity contribution >= 4 is 5.97 Å². The molecule has 0 aliphatic rings. The van der Waals surface area contributed by atoms with Crippen LogP contribution >= 0.6 is 0 Å². The van der Waals surface area contributed by atoms with Crippen LogP contribution in [-0.4, -0.2) is 22.8 Å². The molecule has 0 radical (unpaired) electrons. The molecule has 0 aliphatic heterocycles. The molecule has 2 aromatic rings. The van der Waals surface area contributed by atoms with Crippen molar-refractivity contribution in [2.45, 2.75) is 19.4 Å². The average molecular weight is 286 g/mol. The summed E-state index contributed by atoms with van der Waals surface area (Å²) in [4.78, 5) is 11.1. The number of ether oxygens (including phenoxy) is 1. The van der Waals surface area contributed by atoms with E-state index in [9.17, 15) is 4.79 Å². The van der Waals surface area contributed by atoms with Gasteiger partial charge in [0, 0.05) is 18.1 Å². The molecule has 0 amide bonds. The quantitative estimate of drug-likeness (QED) is 0.856. The summed E-state index contributed by atoms with van der Waals surface area (Å²) in [7, 11) is 0. The number of aliphatic hydroxyl groups is 1. The van der Waals surface area contributed by atoms with E-state index in [0.717, 1.165) is 5.56 Å². The number of carbonyl (C=O) groups is 1. The molecular formula is C17H18O4. The van der Waals surface area contributed by atoms with E-state index in [-0.39, 0.29) is 24.7 Å². The van der Waals surface area contributed by atoms with Crippen LogP contribution in [0.1, 0.15) is 34.3 Å². The zero-order valence-corrected chi connectivity index (χ0v) is 11.8. The fourth-order valence-electron chi connectivity index (χ4n) is 2.01. The monoisotopic (exact) mass is 286 g/mol. The van der Waals surface area contributed by atoms with Gasteiger partial charge in [0.2, 0.25) is 0 Å². The highest BCUT2D eigenvalue weighted by atomic mass is 16.5. The molecule has 2 aromatic carbocycles. The summed E-state index contributed by atoms with van der Waals surface area (Å²) in [5, 5.41) is 18.2. The molecule has 0 heterocycles. The van der Waals surface area contributed by atoms with Crippen LogP contribution < -0.4 is 4.74 Å². The first-order valence-electron chi connectivity index (χ1n) is 6.76. The Balaban J connectivity index is 2.05. The summed E-state index contributed by atoms with van der Waals surface area (Å²) in [6, 6.07) is 14.2. The molecule has 0 unspecified atom stereocenters. The molecule has 110 valence electrons. The summed E-state index contributed by atoms with van der Waals surface area (Å²) in [6.45, 7) is 2.25. The Morgan fingerprint density at radius 1 is 1.14 bits per heavy atom.